The molecule has 6 heterocycles. The van der Waals surface area contributed by atoms with E-state index in [2.05, 4.69) is 274 Å². The Balaban J connectivity index is 0.00000120. The maximum atomic E-state index is 4.76. The number of thiophene rings is 2. The zero-order valence-corrected chi connectivity index (χ0v) is 53.5. The fourth-order valence-electron chi connectivity index (χ4n) is 15.0. The van der Waals surface area contributed by atoms with Crippen molar-refractivity contribution < 1.29 is 8.96 Å². The number of aryl methyl sites for hydroxylation is 12. The Hall–Kier alpha value is -6.57. The van der Waals surface area contributed by atoms with Crippen LogP contribution in [0.3, 0.4) is 0 Å². The third-order valence-corrected chi connectivity index (χ3v) is 19.1. The Morgan fingerprint density at radius 3 is 0.927 bits per heavy atom. The van der Waals surface area contributed by atoms with E-state index in [1.807, 2.05) is 0 Å². The van der Waals surface area contributed by atoms with Gasteiger partial charge >= 0.3 is 12.6 Å². The summed E-state index contributed by atoms with van der Waals surface area (Å²) in [5, 5.41) is 0.389. The minimum absolute atomic E-state index is 0.194. The molecule has 2 aliphatic rings. The third-order valence-electron chi connectivity index (χ3n) is 16.9. The van der Waals surface area contributed by atoms with Crippen molar-refractivity contribution in [3.63, 3.8) is 0 Å². The van der Waals surface area contributed by atoms with Crippen LogP contribution in [0.15, 0.2) is 158 Å². The molecule has 0 N–H and O–H groups in total. The van der Waals surface area contributed by atoms with Crippen molar-refractivity contribution in [1.82, 2.24) is 0 Å². The second kappa shape index (κ2) is 24.0. The standard InChI is InChI=1S/C70H62B2N2S2.2CH2Cl2/c1-43-33-47(5)67(48(6)34-43)71(68-49(7)35-44(2)36-50(68)8)61-19-15-13-17-59(61)63-29-23-55(41-73(63)71)21-25-57-27-31-65(75-57)66-32-28-58(76-66)26-22-56-24-30-64-60-18-14-16-20-62(60)72(74(64)42-56,69-51(9)37-45(3)38-52(69)10)70-53(11)39-46(4)40-54(70)12;2*2-1-3/h13-20,23-24,27-42H,1-12H3;2*1H2. The van der Waals surface area contributed by atoms with Crippen molar-refractivity contribution in [2.45, 2.75) is 83.1 Å². The molecular weight excluding hydrogens is 1120 g/mol. The van der Waals surface area contributed by atoms with Gasteiger partial charge in [0.05, 0.1) is 31.6 Å². The first kappa shape index (κ1) is 58.6. The number of fused-ring (bicyclic) bond motifs is 6. The maximum absolute atomic E-state index is 4.76. The van der Waals surface area contributed by atoms with Gasteiger partial charge in [0.25, 0.3) is 0 Å². The lowest BCUT2D eigenvalue weighted by atomic mass is 9.22. The van der Waals surface area contributed by atoms with Crippen molar-refractivity contribution in [2.24, 2.45) is 0 Å². The molecule has 0 unspecified atom stereocenters. The predicted octanol–water partition coefficient (Wildman–Crippen LogP) is 14.4. The van der Waals surface area contributed by atoms with Crippen LogP contribution in [0.5, 0.6) is 0 Å². The molecule has 10 heteroatoms. The van der Waals surface area contributed by atoms with Gasteiger partial charge in [-0.15, -0.1) is 102 Å². The summed E-state index contributed by atoms with van der Waals surface area (Å²) in [7, 11) is 0. The summed E-state index contributed by atoms with van der Waals surface area (Å²) in [5.41, 5.74) is 31.1. The van der Waals surface area contributed by atoms with Crippen molar-refractivity contribution in [3.8, 4) is 56.0 Å². The van der Waals surface area contributed by atoms with E-state index in [4.69, 9.17) is 46.4 Å². The topological polar surface area (TPSA) is 7.76 Å². The number of nitrogens with zero attached hydrogens (tertiary/aromatic N) is 2. The molecule has 410 valence electrons. The van der Waals surface area contributed by atoms with Crippen molar-refractivity contribution in [2.75, 3.05) is 10.7 Å². The molecule has 0 saturated carbocycles. The summed E-state index contributed by atoms with van der Waals surface area (Å²) in [4.78, 5) is 4.48. The SMILES string of the molecule is Cc1cc(C)c([B-]2(c3c(C)cc(C)cc3C)c3ccccc3-c3ccc(C#Cc4ccc(-c5ccc(C#Cc6ccc7[n+](c6)[B-](c6c(C)cc(C)cc6C)(c6c(C)cc(C)cc6C)c6ccccc6-7)s5)s4)c[n+]32)c(C)c1.ClCCl.ClCCl. The smallest absolute Gasteiger partial charge is 0.362 e. The number of pyridine rings is 2. The molecule has 4 aromatic heterocycles. The van der Waals surface area contributed by atoms with Crippen LogP contribution in [0, 0.1) is 107 Å². The Bertz CT molecular complexity index is 3820. The monoisotopic (exact) mass is 1180 g/mol. The van der Waals surface area contributed by atoms with Gasteiger partial charge in [0.2, 0.25) is 0 Å². The molecule has 12 rings (SSSR count). The second-order valence-electron chi connectivity index (χ2n) is 22.5. The van der Waals surface area contributed by atoms with Gasteiger partial charge in [0.1, 0.15) is 12.4 Å². The van der Waals surface area contributed by atoms with Crippen LogP contribution in [0.1, 0.15) is 87.6 Å². The highest BCUT2D eigenvalue weighted by Gasteiger charge is 2.54. The van der Waals surface area contributed by atoms with Crippen molar-refractivity contribution >= 4 is 114 Å². The largest absolute Gasteiger partial charge is 0.407 e. The second-order valence-corrected chi connectivity index (χ2v) is 26.3. The van der Waals surface area contributed by atoms with Gasteiger partial charge in [-0.1, -0.05) is 188 Å². The van der Waals surface area contributed by atoms with Crippen LogP contribution in [-0.4, -0.2) is 23.2 Å². The number of hydrogen-bond donors (Lipinski definition) is 0. The summed E-state index contributed by atoms with van der Waals surface area (Å²) in [6.45, 7) is 27.3. The molecule has 0 atom stereocenters. The van der Waals surface area contributed by atoms with Crippen LogP contribution in [0.2, 0.25) is 0 Å². The molecule has 0 amide bonds. The molecule has 2 aliphatic heterocycles. The first-order valence-electron chi connectivity index (χ1n) is 27.8. The molecular formula is C72H66B2Cl4N2S2. The lowest BCUT2D eigenvalue weighted by Gasteiger charge is -2.39. The Labute approximate surface area is 514 Å². The highest BCUT2D eigenvalue weighted by Crippen LogP contribution is 2.35. The molecule has 0 spiro atoms. The van der Waals surface area contributed by atoms with E-state index < -0.39 is 12.6 Å². The van der Waals surface area contributed by atoms with Gasteiger partial charge in [-0.05, 0) is 119 Å². The summed E-state index contributed by atoms with van der Waals surface area (Å²) in [5.74, 6) is 14.5. The van der Waals surface area contributed by atoms with Gasteiger partial charge in [-0.3, -0.25) is 0 Å². The summed E-state index contributed by atoms with van der Waals surface area (Å²) in [6.07, 6.45) is 1.45. The van der Waals surface area contributed by atoms with Crippen molar-refractivity contribution in [3.05, 3.63) is 246 Å². The quantitative estimate of drug-likeness (QED) is 0.0922. The normalized spacial score (nSPS) is 12.7. The van der Waals surface area contributed by atoms with E-state index >= 15 is 0 Å². The van der Waals surface area contributed by atoms with Gasteiger partial charge in [0.15, 0.2) is 11.4 Å². The minimum Gasteiger partial charge on any atom is -0.407 e. The summed E-state index contributed by atoms with van der Waals surface area (Å²) < 4.78 is 5.21. The van der Waals surface area contributed by atoms with E-state index in [-0.39, 0.29) is 10.7 Å². The van der Waals surface area contributed by atoms with E-state index in [0.717, 1.165) is 20.9 Å². The molecule has 0 saturated heterocycles. The Morgan fingerprint density at radius 1 is 0.354 bits per heavy atom. The number of benzene rings is 6. The van der Waals surface area contributed by atoms with Crippen LogP contribution >= 0.6 is 69.1 Å². The molecule has 0 radical (unpaired) electrons. The zero-order valence-electron chi connectivity index (χ0n) is 48.8. The van der Waals surface area contributed by atoms with E-state index in [1.165, 1.54) is 132 Å². The molecule has 0 fully saturated rings. The van der Waals surface area contributed by atoms with Gasteiger partial charge in [0, 0.05) is 33.0 Å². The van der Waals surface area contributed by atoms with E-state index in [9.17, 15) is 0 Å². The van der Waals surface area contributed by atoms with Crippen molar-refractivity contribution in [1.29, 1.82) is 0 Å². The number of rotatable bonds is 5. The van der Waals surface area contributed by atoms with Crippen LogP contribution in [-0.2, 0) is 0 Å². The third kappa shape index (κ3) is 10.3. The summed E-state index contributed by atoms with van der Waals surface area (Å²) in [6, 6.07) is 54.9. The lowest BCUT2D eigenvalue weighted by Crippen LogP contribution is -2.84. The predicted molar refractivity (Wildman–Crippen MR) is 360 cm³/mol. The first-order chi connectivity index (χ1) is 39.4. The average molecular weight is 1190 g/mol. The Kier molecular flexibility index (Phi) is 17.1. The fourth-order valence-corrected chi connectivity index (χ4v) is 16.8. The number of alkyl halides is 4. The highest BCUT2D eigenvalue weighted by atomic mass is 35.5. The zero-order chi connectivity index (χ0) is 58.4. The number of hydrogen-bond acceptors (Lipinski definition) is 2. The molecule has 0 aliphatic carbocycles. The van der Waals surface area contributed by atoms with E-state index in [0.29, 0.717) is 0 Å². The lowest BCUT2D eigenvalue weighted by molar-refractivity contribution is -0.524. The minimum atomic E-state index is -1.62. The Morgan fingerprint density at radius 2 is 0.634 bits per heavy atom. The van der Waals surface area contributed by atoms with Gasteiger partial charge < -0.3 is 8.96 Å². The molecule has 0 bridgehead atoms. The van der Waals surface area contributed by atoms with Gasteiger partial charge in [-0.25, -0.2) is 0 Å². The highest BCUT2D eigenvalue weighted by molar-refractivity contribution is 7.22. The average Bonchev–Trinajstić information content (AvgIpc) is 1.96. The van der Waals surface area contributed by atoms with Gasteiger partial charge in [-0.2, -0.15) is 0 Å². The number of aromatic nitrogens is 2. The molecule has 2 nitrogen and oxygen atoms in total. The molecule has 6 aromatic carbocycles. The van der Waals surface area contributed by atoms with E-state index in [1.54, 1.807) is 22.7 Å². The van der Waals surface area contributed by atoms with Crippen LogP contribution in [0.4, 0.5) is 0 Å². The summed E-state index contributed by atoms with van der Waals surface area (Å²) >= 11 is 22.5. The van der Waals surface area contributed by atoms with Crippen LogP contribution in [0.25, 0.3) is 32.3 Å². The molecule has 10 aromatic rings. The number of halogens is 4. The fraction of sp³-hybridized carbons (Fsp3) is 0.194. The van der Waals surface area contributed by atoms with Crippen LogP contribution < -0.4 is 41.7 Å². The maximum Gasteiger partial charge on any atom is 0.362 e. The first-order valence-corrected chi connectivity index (χ1v) is 31.6. The molecule has 82 heavy (non-hydrogen) atoms.